The van der Waals surface area contributed by atoms with Crippen LogP contribution in [0.15, 0.2) is 41.3 Å². The first-order valence-electron chi connectivity index (χ1n) is 9.83. The molecule has 1 atom stereocenters. The highest BCUT2D eigenvalue weighted by molar-refractivity contribution is 8.01. The van der Waals surface area contributed by atoms with Crippen molar-refractivity contribution in [2.75, 3.05) is 26.2 Å². The number of nitro benzene ring substituents is 1. The molecular weight excluding hydrogens is 388 g/mol. The average molecular weight is 413 g/mol. The Balaban J connectivity index is 1.76. The number of nitro groups is 1. The maximum Gasteiger partial charge on any atom is 0.311 e. The van der Waals surface area contributed by atoms with Gasteiger partial charge in [0, 0.05) is 17.5 Å². The number of likely N-dealkylation sites (tertiary alicyclic amines) is 1. The fourth-order valence-electron chi connectivity index (χ4n) is 4.07. The molecule has 2 aromatic rings. The van der Waals surface area contributed by atoms with E-state index in [0.717, 1.165) is 36.4 Å². The first-order valence-corrected chi connectivity index (χ1v) is 10.6. The minimum Gasteiger partial charge on any atom is -0.484 e. The van der Waals surface area contributed by atoms with Crippen LogP contribution in [0, 0.1) is 24.0 Å². The molecule has 1 saturated heterocycles. The van der Waals surface area contributed by atoms with Crippen molar-refractivity contribution in [1.82, 2.24) is 4.90 Å². The number of carbonyl (C=O) groups is 1. The lowest BCUT2D eigenvalue weighted by Gasteiger charge is -2.38. The number of aryl methyl sites for hydroxylation is 2. The maximum absolute atomic E-state index is 13.8. The molecule has 2 aromatic carbocycles. The topological polar surface area (TPSA) is 72.7 Å². The van der Waals surface area contributed by atoms with E-state index in [9.17, 15) is 14.9 Å². The lowest BCUT2D eigenvalue weighted by Crippen LogP contribution is -2.52. The van der Waals surface area contributed by atoms with E-state index in [0.29, 0.717) is 17.7 Å². The third kappa shape index (κ3) is 3.89. The summed E-state index contributed by atoms with van der Waals surface area (Å²) in [4.78, 5) is 28.1. The van der Waals surface area contributed by atoms with E-state index in [-0.39, 0.29) is 23.8 Å². The van der Waals surface area contributed by atoms with Gasteiger partial charge < -0.3 is 9.64 Å². The van der Waals surface area contributed by atoms with Gasteiger partial charge in [-0.3, -0.25) is 14.9 Å². The Bertz CT molecular complexity index is 954. The fourth-order valence-corrected chi connectivity index (χ4v) is 5.36. The van der Waals surface area contributed by atoms with Gasteiger partial charge in [-0.25, -0.2) is 0 Å². The van der Waals surface area contributed by atoms with E-state index in [1.54, 1.807) is 13.0 Å². The van der Waals surface area contributed by atoms with Crippen LogP contribution >= 0.6 is 11.8 Å². The highest BCUT2D eigenvalue weighted by Gasteiger charge is 2.48. The summed E-state index contributed by atoms with van der Waals surface area (Å²) in [5.41, 5.74) is 2.03. The van der Waals surface area contributed by atoms with E-state index < -0.39 is 9.67 Å². The molecule has 0 spiro atoms. The Morgan fingerprint density at radius 3 is 2.48 bits per heavy atom. The van der Waals surface area contributed by atoms with Gasteiger partial charge in [-0.2, -0.15) is 0 Å². The first-order chi connectivity index (χ1) is 13.9. The fraction of sp³-hybridized carbons (Fsp3) is 0.409. The molecule has 2 aliphatic heterocycles. The Hall–Kier alpha value is -2.38. The number of rotatable bonds is 5. The number of nitrogens with zero attached hydrogens (tertiary/aromatic N) is 2. The first kappa shape index (κ1) is 19.9. The summed E-state index contributed by atoms with van der Waals surface area (Å²) >= 11 is 1.51. The van der Waals surface area contributed by atoms with E-state index in [1.807, 2.05) is 31.2 Å². The van der Waals surface area contributed by atoms with Crippen LogP contribution < -0.4 is 4.74 Å². The molecule has 0 radical (unpaired) electrons. The molecule has 0 aromatic heterocycles. The summed E-state index contributed by atoms with van der Waals surface area (Å²) in [5.74, 6) is 0.0233. The second-order valence-electron chi connectivity index (χ2n) is 7.93. The van der Waals surface area contributed by atoms with Gasteiger partial charge in [0.15, 0.2) is 5.78 Å². The Labute approximate surface area is 174 Å². The van der Waals surface area contributed by atoms with Crippen molar-refractivity contribution < 1.29 is 14.5 Å². The van der Waals surface area contributed by atoms with E-state index in [1.165, 1.54) is 17.8 Å². The van der Waals surface area contributed by atoms with E-state index in [2.05, 4.69) is 4.90 Å². The quantitative estimate of drug-likeness (QED) is 0.535. The highest BCUT2D eigenvalue weighted by Crippen LogP contribution is 2.45. The molecule has 4 rings (SSSR count). The molecule has 0 bridgehead atoms. The monoisotopic (exact) mass is 412 g/mol. The Morgan fingerprint density at radius 2 is 1.83 bits per heavy atom. The van der Waals surface area contributed by atoms with Gasteiger partial charge in [0.2, 0.25) is 5.75 Å². The molecule has 152 valence electrons. The summed E-state index contributed by atoms with van der Waals surface area (Å²) in [7, 11) is 0. The van der Waals surface area contributed by atoms with Crippen molar-refractivity contribution in [3.05, 3.63) is 63.2 Å². The predicted molar refractivity (Wildman–Crippen MR) is 113 cm³/mol. The molecular formula is C22H24N2O4S. The van der Waals surface area contributed by atoms with Crippen molar-refractivity contribution in [3.8, 4) is 5.75 Å². The van der Waals surface area contributed by atoms with Crippen LogP contribution in [0.4, 0.5) is 5.69 Å². The average Bonchev–Trinajstić information content (AvgIpc) is 3.19. The summed E-state index contributed by atoms with van der Waals surface area (Å²) in [6.45, 7) is 6.42. The maximum atomic E-state index is 13.8. The molecule has 6 nitrogen and oxygen atoms in total. The van der Waals surface area contributed by atoms with Crippen LogP contribution in [0.5, 0.6) is 5.75 Å². The molecule has 29 heavy (non-hydrogen) atoms. The van der Waals surface area contributed by atoms with Crippen molar-refractivity contribution in [3.63, 3.8) is 0 Å². The SMILES string of the molecule is Cc1ccc(SC2(CN3CCCC3)COc3c(cc(C)cc3[N+](=O)[O-])C2=O)cc1. The van der Waals surface area contributed by atoms with Gasteiger partial charge in [0.25, 0.3) is 0 Å². The third-order valence-corrected chi connectivity index (χ3v) is 6.86. The van der Waals surface area contributed by atoms with Crippen molar-refractivity contribution in [2.45, 2.75) is 36.3 Å². The van der Waals surface area contributed by atoms with Crippen molar-refractivity contribution in [1.29, 1.82) is 0 Å². The summed E-state index contributed by atoms with van der Waals surface area (Å²) in [6.07, 6.45) is 2.25. The lowest BCUT2D eigenvalue weighted by molar-refractivity contribution is -0.386. The molecule has 1 unspecified atom stereocenters. The number of thioether (sulfide) groups is 1. The minimum absolute atomic E-state index is 0.0805. The smallest absolute Gasteiger partial charge is 0.311 e. The second-order valence-corrected chi connectivity index (χ2v) is 9.39. The predicted octanol–water partition coefficient (Wildman–Crippen LogP) is 4.41. The molecule has 1 fully saturated rings. The summed E-state index contributed by atoms with van der Waals surface area (Å²) in [5, 5.41) is 11.5. The van der Waals surface area contributed by atoms with E-state index >= 15 is 0 Å². The van der Waals surface area contributed by atoms with Gasteiger partial charge in [-0.1, -0.05) is 17.7 Å². The summed E-state index contributed by atoms with van der Waals surface area (Å²) in [6, 6.07) is 11.3. The second kappa shape index (κ2) is 7.80. The largest absolute Gasteiger partial charge is 0.484 e. The zero-order chi connectivity index (χ0) is 20.6. The van der Waals surface area contributed by atoms with Crippen LogP contribution in [0.25, 0.3) is 0 Å². The number of hydrogen-bond acceptors (Lipinski definition) is 6. The van der Waals surface area contributed by atoms with Crippen LogP contribution in [0.2, 0.25) is 0 Å². The van der Waals surface area contributed by atoms with Crippen LogP contribution in [-0.4, -0.2) is 46.6 Å². The molecule has 0 amide bonds. The molecule has 0 saturated carbocycles. The molecule has 2 heterocycles. The van der Waals surface area contributed by atoms with Crippen molar-refractivity contribution in [2.24, 2.45) is 0 Å². The number of ether oxygens (including phenoxy) is 1. The van der Waals surface area contributed by atoms with Gasteiger partial charge in [0.1, 0.15) is 11.4 Å². The zero-order valence-corrected chi connectivity index (χ0v) is 17.5. The molecule has 0 aliphatic carbocycles. The van der Waals surface area contributed by atoms with Gasteiger partial charge in [-0.05, 0) is 63.5 Å². The lowest BCUT2D eigenvalue weighted by atomic mass is 9.91. The minimum atomic E-state index is -0.825. The Morgan fingerprint density at radius 1 is 1.14 bits per heavy atom. The van der Waals surface area contributed by atoms with Crippen molar-refractivity contribution >= 4 is 23.2 Å². The number of carbonyl (C=O) groups excluding carboxylic acids is 1. The van der Waals surface area contributed by atoms with Crippen LogP contribution in [-0.2, 0) is 0 Å². The van der Waals surface area contributed by atoms with Crippen LogP contribution in [0.1, 0.15) is 34.3 Å². The van der Waals surface area contributed by atoms with Crippen LogP contribution in [0.3, 0.4) is 0 Å². The number of fused-ring (bicyclic) bond motifs is 1. The molecule has 7 heteroatoms. The zero-order valence-electron chi connectivity index (χ0n) is 16.6. The van der Waals surface area contributed by atoms with Gasteiger partial charge in [-0.15, -0.1) is 11.8 Å². The van der Waals surface area contributed by atoms with E-state index in [4.69, 9.17) is 4.74 Å². The molecule has 2 aliphatic rings. The summed E-state index contributed by atoms with van der Waals surface area (Å²) < 4.78 is 5.13. The van der Waals surface area contributed by atoms with Gasteiger partial charge in [0.05, 0.1) is 10.5 Å². The van der Waals surface area contributed by atoms with Gasteiger partial charge >= 0.3 is 5.69 Å². The molecule has 0 N–H and O–H groups in total. The normalized spacial score (nSPS) is 21.7. The number of benzene rings is 2. The number of ketones is 1. The standard InChI is InChI=1S/C22H24N2O4S/c1-15-5-7-17(8-6-15)29-22(13-23-9-3-4-10-23)14-28-20-18(21(22)25)11-16(2)12-19(20)24(26)27/h5-8,11-12H,3-4,9-10,13-14H2,1-2H3. The number of hydrogen-bond donors (Lipinski definition) is 0. The number of Topliss-reactive ketones (excluding diaryl/α,β-unsaturated/α-hetero) is 1. The Kier molecular flexibility index (Phi) is 5.36. The highest BCUT2D eigenvalue weighted by atomic mass is 32.2. The third-order valence-electron chi connectivity index (χ3n) is 5.53.